The molecule has 1 aromatic heterocycles. The van der Waals surface area contributed by atoms with Crippen molar-refractivity contribution in [1.82, 2.24) is 9.88 Å². The van der Waals surface area contributed by atoms with Crippen molar-refractivity contribution in [3.63, 3.8) is 0 Å². The average molecular weight is 465 g/mol. The van der Waals surface area contributed by atoms with Gasteiger partial charge in [-0.15, -0.1) is 0 Å². The Morgan fingerprint density at radius 1 is 1.06 bits per heavy atom. The van der Waals surface area contributed by atoms with Crippen molar-refractivity contribution in [3.05, 3.63) is 64.3 Å². The molecule has 1 atom stereocenters. The Hall–Kier alpha value is -2.63. The van der Waals surface area contributed by atoms with E-state index >= 15 is 0 Å². The van der Waals surface area contributed by atoms with Gasteiger partial charge in [0.1, 0.15) is 0 Å². The van der Waals surface area contributed by atoms with E-state index in [0.717, 1.165) is 78.1 Å². The van der Waals surface area contributed by atoms with Crippen LogP contribution in [0.3, 0.4) is 0 Å². The van der Waals surface area contributed by atoms with E-state index in [4.69, 9.17) is 26.1 Å². The smallest absolute Gasteiger partial charge is 0.166 e. The lowest BCUT2D eigenvalue weighted by atomic mass is 9.85. The third-order valence-electron chi connectivity index (χ3n) is 7.14. The standard InChI is InChI=1S/C27H29ClN2O3/c1-32-25-13-18-12-19(27(31)22(18)15-26(25)33-2)11-17-7-9-30(10-8-17)16-20-14-23(28)21-5-3-4-6-24(21)29-20/h3-6,13-15,17,19H,7-12,16H2,1-2H3. The number of pyridine rings is 1. The molecule has 1 aliphatic carbocycles. The topological polar surface area (TPSA) is 51.7 Å². The summed E-state index contributed by atoms with van der Waals surface area (Å²) in [6.45, 7) is 2.85. The van der Waals surface area contributed by atoms with Crippen molar-refractivity contribution in [2.45, 2.75) is 32.2 Å². The van der Waals surface area contributed by atoms with Gasteiger partial charge in [-0.1, -0.05) is 29.8 Å². The first kappa shape index (κ1) is 22.2. The third kappa shape index (κ3) is 4.44. The summed E-state index contributed by atoms with van der Waals surface area (Å²) in [6, 6.07) is 13.8. The number of piperidine rings is 1. The van der Waals surface area contributed by atoms with Crippen LogP contribution in [0.25, 0.3) is 10.9 Å². The summed E-state index contributed by atoms with van der Waals surface area (Å²) < 4.78 is 10.8. The number of aromatic nitrogens is 1. The molecule has 2 aromatic carbocycles. The molecule has 6 heteroatoms. The molecule has 5 rings (SSSR count). The fourth-order valence-corrected chi connectivity index (χ4v) is 5.65. The summed E-state index contributed by atoms with van der Waals surface area (Å²) in [5, 5.41) is 1.76. The number of likely N-dealkylation sites (tertiary alicyclic amines) is 1. The second-order valence-electron chi connectivity index (χ2n) is 9.20. The van der Waals surface area contributed by atoms with Gasteiger partial charge >= 0.3 is 0 Å². The second-order valence-corrected chi connectivity index (χ2v) is 9.60. The maximum atomic E-state index is 13.1. The fraction of sp³-hybridized carbons (Fsp3) is 0.407. The van der Waals surface area contributed by atoms with Gasteiger partial charge in [0.2, 0.25) is 0 Å². The van der Waals surface area contributed by atoms with Crippen LogP contribution in [0.5, 0.6) is 11.5 Å². The molecule has 33 heavy (non-hydrogen) atoms. The average Bonchev–Trinajstić information content (AvgIpc) is 3.13. The van der Waals surface area contributed by atoms with Crippen LogP contribution in [0, 0.1) is 11.8 Å². The number of nitrogens with zero attached hydrogens (tertiary/aromatic N) is 2. The molecule has 3 aromatic rings. The van der Waals surface area contributed by atoms with Crippen molar-refractivity contribution in [1.29, 1.82) is 0 Å². The van der Waals surface area contributed by atoms with Crippen LogP contribution in [0.4, 0.5) is 0 Å². The highest BCUT2D eigenvalue weighted by molar-refractivity contribution is 6.35. The van der Waals surface area contributed by atoms with Gasteiger partial charge in [0, 0.05) is 23.4 Å². The molecule has 1 fully saturated rings. The Kier molecular flexibility index (Phi) is 6.26. The SMILES string of the molecule is COc1cc2c(cc1OC)C(=O)C(CC1CCN(Cc3cc(Cl)c4ccccc4n3)CC1)C2. The van der Waals surface area contributed by atoms with Gasteiger partial charge in [-0.3, -0.25) is 14.7 Å². The summed E-state index contributed by atoms with van der Waals surface area (Å²) >= 11 is 6.48. The highest BCUT2D eigenvalue weighted by Crippen LogP contribution is 2.39. The first-order chi connectivity index (χ1) is 16.1. The maximum absolute atomic E-state index is 13.1. The number of halogens is 1. The first-order valence-corrected chi connectivity index (χ1v) is 12.0. The van der Waals surface area contributed by atoms with Crippen LogP contribution in [-0.2, 0) is 13.0 Å². The highest BCUT2D eigenvalue weighted by Gasteiger charge is 2.34. The van der Waals surface area contributed by atoms with E-state index in [-0.39, 0.29) is 11.7 Å². The molecule has 1 saturated heterocycles. The molecule has 5 nitrogen and oxygen atoms in total. The Labute approximate surface area is 199 Å². The minimum absolute atomic E-state index is 0.0642. The number of methoxy groups -OCH3 is 2. The lowest BCUT2D eigenvalue weighted by molar-refractivity contribution is 0.0895. The molecule has 2 heterocycles. The number of carbonyl (C=O) groups is 1. The van der Waals surface area contributed by atoms with Gasteiger partial charge < -0.3 is 9.47 Å². The van der Waals surface area contributed by atoms with Gasteiger partial charge in [-0.25, -0.2) is 0 Å². The summed E-state index contributed by atoms with van der Waals surface area (Å²) in [5.74, 6) is 2.21. The minimum Gasteiger partial charge on any atom is -0.493 e. The molecular formula is C27H29ClN2O3. The minimum atomic E-state index is 0.0642. The van der Waals surface area contributed by atoms with Crippen molar-refractivity contribution >= 4 is 28.3 Å². The lowest BCUT2D eigenvalue weighted by Gasteiger charge is -2.32. The number of para-hydroxylation sites is 1. The number of fused-ring (bicyclic) bond motifs is 2. The van der Waals surface area contributed by atoms with E-state index in [1.165, 1.54) is 0 Å². The summed E-state index contributed by atoms with van der Waals surface area (Å²) in [7, 11) is 3.24. The number of hydrogen-bond acceptors (Lipinski definition) is 5. The van der Waals surface area contributed by atoms with Crippen LogP contribution < -0.4 is 9.47 Å². The number of carbonyl (C=O) groups excluding carboxylic acids is 1. The van der Waals surface area contributed by atoms with Crippen molar-refractivity contribution in [2.24, 2.45) is 11.8 Å². The molecule has 1 unspecified atom stereocenters. The Morgan fingerprint density at radius 2 is 1.79 bits per heavy atom. The maximum Gasteiger partial charge on any atom is 0.166 e. The predicted octanol–water partition coefficient (Wildman–Crippen LogP) is 5.56. The van der Waals surface area contributed by atoms with Gasteiger partial charge in [0.15, 0.2) is 17.3 Å². The Bertz CT molecular complexity index is 1190. The highest BCUT2D eigenvalue weighted by atomic mass is 35.5. The van der Waals surface area contributed by atoms with E-state index in [0.29, 0.717) is 17.4 Å². The quantitative estimate of drug-likeness (QED) is 0.477. The number of Topliss-reactive ketones (excluding diaryl/α,β-unsaturated/α-hetero) is 1. The van der Waals surface area contributed by atoms with E-state index < -0.39 is 0 Å². The van der Waals surface area contributed by atoms with Gasteiger partial charge in [-0.05, 0) is 74.5 Å². The van der Waals surface area contributed by atoms with Crippen molar-refractivity contribution in [3.8, 4) is 11.5 Å². The van der Waals surface area contributed by atoms with Crippen LogP contribution >= 0.6 is 11.6 Å². The molecule has 2 aliphatic rings. The molecule has 0 N–H and O–H groups in total. The second kappa shape index (κ2) is 9.32. The van der Waals surface area contributed by atoms with Crippen LogP contribution in [0.1, 0.15) is 40.9 Å². The summed E-state index contributed by atoms with van der Waals surface area (Å²) in [4.78, 5) is 20.3. The lowest BCUT2D eigenvalue weighted by Crippen LogP contribution is -2.34. The van der Waals surface area contributed by atoms with E-state index in [1.54, 1.807) is 14.2 Å². The number of hydrogen-bond donors (Lipinski definition) is 0. The van der Waals surface area contributed by atoms with Crippen LogP contribution in [-0.4, -0.2) is 43.0 Å². The molecule has 0 saturated carbocycles. The van der Waals surface area contributed by atoms with Crippen molar-refractivity contribution in [2.75, 3.05) is 27.3 Å². The van der Waals surface area contributed by atoms with E-state index in [9.17, 15) is 4.79 Å². The molecule has 0 spiro atoms. The van der Waals surface area contributed by atoms with E-state index in [1.807, 2.05) is 42.5 Å². The van der Waals surface area contributed by atoms with Crippen LogP contribution in [0.2, 0.25) is 5.02 Å². The zero-order valence-corrected chi connectivity index (χ0v) is 19.9. The largest absolute Gasteiger partial charge is 0.493 e. The number of benzene rings is 2. The Balaban J connectivity index is 1.19. The Morgan fingerprint density at radius 3 is 2.55 bits per heavy atom. The molecule has 0 amide bonds. The zero-order chi connectivity index (χ0) is 22.9. The summed E-state index contributed by atoms with van der Waals surface area (Å²) in [6.07, 6.45) is 3.96. The van der Waals surface area contributed by atoms with Gasteiger partial charge in [-0.2, -0.15) is 0 Å². The molecule has 0 radical (unpaired) electrons. The number of rotatable bonds is 6. The van der Waals surface area contributed by atoms with Gasteiger partial charge in [0.05, 0.1) is 30.5 Å². The van der Waals surface area contributed by atoms with Crippen LogP contribution in [0.15, 0.2) is 42.5 Å². The molecule has 1 aliphatic heterocycles. The third-order valence-corrected chi connectivity index (χ3v) is 7.45. The zero-order valence-electron chi connectivity index (χ0n) is 19.1. The molecular weight excluding hydrogens is 436 g/mol. The normalized spacial score (nSPS) is 19.1. The predicted molar refractivity (Wildman–Crippen MR) is 130 cm³/mol. The summed E-state index contributed by atoms with van der Waals surface area (Å²) in [5.41, 5.74) is 3.85. The van der Waals surface area contributed by atoms with Gasteiger partial charge in [0.25, 0.3) is 0 Å². The van der Waals surface area contributed by atoms with E-state index in [2.05, 4.69) is 4.90 Å². The van der Waals surface area contributed by atoms with Crippen molar-refractivity contribution < 1.29 is 14.3 Å². The first-order valence-electron chi connectivity index (χ1n) is 11.6. The molecule has 0 bridgehead atoms. The molecule has 172 valence electrons. The number of ketones is 1. The monoisotopic (exact) mass is 464 g/mol. The number of ether oxygens (including phenoxy) is 2. The fourth-order valence-electron chi connectivity index (χ4n) is 5.36.